The van der Waals surface area contributed by atoms with Gasteiger partial charge in [-0.1, -0.05) is 23.5 Å². The molecular formula is C16H11F3N4OS. The van der Waals surface area contributed by atoms with Crippen LogP contribution in [0.25, 0.3) is 0 Å². The maximum atomic E-state index is 13.6. The lowest BCUT2D eigenvalue weighted by Gasteiger charge is -2.03. The number of amides is 1. The van der Waals surface area contributed by atoms with Gasteiger partial charge in [-0.25, -0.2) is 13.2 Å². The molecule has 0 atom stereocenters. The first-order valence-electron chi connectivity index (χ1n) is 7.09. The maximum Gasteiger partial charge on any atom is 0.260 e. The minimum atomic E-state index is -0.961. The summed E-state index contributed by atoms with van der Waals surface area (Å²) in [7, 11) is 0. The number of carbonyl (C=O) groups is 1. The Morgan fingerprint density at radius 1 is 0.960 bits per heavy atom. The quantitative estimate of drug-likeness (QED) is 0.722. The van der Waals surface area contributed by atoms with Crippen molar-refractivity contribution in [1.82, 2.24) is 10.2 Å². The Kier molecular flexibility index (Phi) is 4.94. The van der Waals surface area contributed by atoms with Crippen LogP contribution in [0, 0.1) is 17.5 Å². The van der Waals surface area contributed by atoms with Gasteiger partial charge >= 0.3 is 0 Å². The van der Waals surface area contributed by atoms with E-state index < -0.39 is 17.5 Å². The average Bonchev–Trinajstić information content (AvgIpc) is 3.01. The van der Waals surface area contributed by atoms with E-state index in [1.807, 2.05) is 0 Å². The predicted molar refractivity (Wildman–Crippen MR) is 87.9 cm³/mol. The van der Waals surface area contributed by atoms with Crippen LogP contribution in [-0.2, 0) is 6.54 Å². The third-order valence-electron chi connectivity index (χ3n) is 3.18. The van der Waals surface area contributed by atoms with E-state index >= 15 is 0 Å². The summed E-state index contributed by atoms with van der Waals surface area (Å²) in [5, 5.41) is 13.6. The molecule has 25 heavy (non-hydrogen) atoms. The molecule has 0 unspecified atom stereocenters. The van der Waals surface area contributed by atoms with Crippen LogP contribution in [-0.4, -0.2) is 16.1 Å². The van der Waals surface area contributed by atoms with Gasteiger partial charge in [-0.2, -0.15) is 0 Å². The van der Waals surface area contributed by atoms with Crippen molar-refractivity contribution < 1.29 is 18.0 Å². The first kappa shape index (κ1) is 16.9. The second kappa shape index (κ2) is 7.31. The summed E-state index contributed by atoms with van der Waals surface area (Å²) >= 11 is 1.05. The zero-order valence-corrected chi connectivity index (χ0v) is 13.4. The largest absolute Gasteiger partial charge is 0.356 e. The van der Waals surface area contributed by atoms with E-state index in [9.17, 15) is 18.0 Å². The molecule has 1 heterocycles. The second-order valence-electron chi connectivity index (χ2n) is 4.97. The van der Waals surface area contributed by atoms with Crippen molar-refractivity contribution in [3.63, 3.8) is 0 Å². The zero-order valence-electron chi connectivity index (χ0n) is 12.6. The van der Waals surface area contributed by atoms with E-state index in [1.54, 1.807) is 12.1 Å². The molecule has 0 saturated heterocycles. The van der Waals surface area contributed by atoms with Crippen molar-refractivity contribution in [3.05, 3.63) is 71.0 Å². The molecule has 128 valence electrons. The van der Waals surface area contributed by atoms with Crippen molar-refractivity contribution in [1.29, 1.82) is 0 Å². The van der Waals surface area contributed by atoms with Crippen molar-refractivity contribution in [2.24, 2.45) is 0 Å². The molecule has 0 aliphatic rings. The normalized spacial score (nSPS) is 10.5. The standard InChI is InChI=1S/C16H11F3N4OS/c17-10-3-1-9(2-4-10)8-20-15-22-23-16(25-15)21-14(24)12-6-5-11(18)7-13(12)19/h1-7H,8H2,(H,20,22)(H,21,23,24). The predicted octanol–water partition coefficient (Wildman–Crippen LogP) is 3.82. The van der Waals surface area contributed by atoms with E-state index in [0.29, 0.717) is 17.7 Å². The van der Waals surface area contributed by atoms with Crippen LogP contribution < -0.4 is 10.6 Å². The summed E-state index contributed by atoms with van der Waals surface area (Å²) in [4.78, 5) is 12.0. The van der Waals surface area contributed by atoms with Crippen LogP contribution in [0.2, 0.25) is 0 Å². The molecule has 0 fully saturated rings. The molecule has 1 amide bonds. The first-order valence-corrected chi connectivity index (χ1v) is 7.91. The Labute approximate surface area is 144 Å². The molecule has 3 aromatic rings. The van der Waals surface area contributed by atoms with E-state index in [4.69, 9.17) is 0 Å². The lowest BCUT2D eigenvalue weighted by Crippen LogP contribution is -2.13. The fourth-order valence-electron chi connectivity index (χ4n) is 1.96. The number of nitrogens with zero attached hydrogens (tertiary/aromatic N) is 2. The van der Waals surface area contributed by atoms with Crippen LogP contribution in [0.15, 0.2) is 42.5 Å². The highest BCUT2D eigenvalue weighted by molar-refractivity contribution is 7.19. The van der Waals surface area contributed by atoms with Gasteiger partial charge in [-0.05, 0) is 29.8 Å². The van der Waals surface area contributed by atoms with Crippen molar-refractivity contribution in [3.8, 4) is 0 Å². The molecule has 0 spiro atoms. The van der Waals surface area contributed by atoms with Gasteiger partial charge in [-0.15, -0.1) is 10.2 Å². The maximum absolute atomic E-state index is 13.6. The molecule has 0 radical (unpaired) electrons. The molecule has 0 aliphatic carbocycles. The summed E-state index contributed by atoms with van der Waals surface area (Å²) < 4.78 is 39.3. The summed E-state index contributed by atoms with van der Waals surface area (Å²) in [6, 6.07) is 8.62. The highest BCUT2D eigenvalue weighted by Gasteiger charge is 2.15. The third-order valence-corrected chi connectivity index (χ3v) is 3.97. The van der Waals surface area contributed by atoms with Gasteiger partial charge in [0.25, 0.3) is 5.91 Å². The van der Waals surface area contributed by atoms with E-state index in [0.717, 1.165) is 29.0 Å². The molecule has 2 aromatic carbocycles. The fraction of sp³-hybridized carbons (Fsp3) is 0.0625. The van der Waals surface area contributed by atoms with Crippen LogP contribution in [0.4, 0.5) is 23.4 Å². The Morgan fingerprint density at radius 2 is 1.64 bits per heavy atom. The number of halogens is 3. The molecule has 5 nitrogen and oxygen atoms in total. The summed E-state index contributed by atoms with van der Waals surface area (Å²) in [6.07, 6.45) is 0. The zero-order chi connectivity index (χ0) is 17.8. The molecule has 0 saturated carbocycles. The second-order valence-corrected chi connectivity index (χ2v) is 5.95. The van der Waals surface area contributed by atoms with Gasteiger partial charge in [0.05, 0.1) is 5.56 Å². The smallest absolute Gasteiger partial charge is 0.260 e. The number of nitrogens with one attached hydrogen (secondary N) is 2. The topological polar surface area (TPSA) is 66.9 Å². The van der Waals surface area contributed by atoms with Gasteiger partial charge in [0.15, 0.2) is 0 Å². The van der Waals surface area contributed by atoms with Gasteiger partial charge in [0, 0.05) is 12.6 Å². The average molecular weight is 364 g/mol. The van der Waals surface area contributed by atoms with Crippen molar-refractivity contribution in [2.45, 2.75) is 6.54 Å². The van der Waals surface area contributed by atoms with Gasteiger partial charge < -0.3 is 5.32 Å². The minimum Gasteiger partial charge on any atom is -0.356 e. The van der Waals surface area contributed by atoms with E-state index in [-0.39, 0.29) is 16.5 Å². The molecule has 2 N–H and O–H groups in total. The van der Waals surface area contributed by atoms with E-state index in [2.05, 4.69) is 20.8 Å². The Bertz CT molecular complexity index is 899. The highest BCUT2D eigenvalue weighted by atomic mass is 32.1. The van der Waals surface area contributed by atoms with Crippen LogP contribution in [0.5, 0.6) is 0 Å². The Balaban J connectivity index is 1.61. The van der Waals surface area contributed by atoms with Gasteiger partial charge in [0.2, 0.25) is 10.3 Å². The highest BCUT2D eigenvalue weighted by Crippen LogP contribution is 2.22. The lowest BCUT2D eigenvalue weighted by molar-refractivity contribution is 0.102. The number of anilines is 2. The molecular weight excluding hydrogens is 353 g/mol. The molecule has 0 bridgehead atoms. The number of benzene rings is 2. The summed E-state index contributed by atoms with van der Waals surface area (Å²) in [5.74, 6) is -2.80. The Morgan fingerprint density at radius 3 is 2.36 bits per heavy atom. The number of hydrogen-bond acceptors (Lipinski definition) is 5. The van der Waals surface area contributed by atoms with Crippen LogP contribution in [0.1, 0.15) is 15.9 Å². The lowest BCUT2D eigenvalue weighted by atomic mass is 10.2. The third kappa shape index (κ3) is 4.32. The minimum absolute atomic E-state index is 0.162. The first-order chi connectivity index (χ1) is 12.0. The monoisotopic (exact) mass is 364 g/mol. The molecule has 3 rings (SSSR count). The molecule has 0 aliphatic heterocycles. The van der Waals surface area contributed by atoms with Gasteiger partial charge in [0.1, 0.15) is 17.5 Å². The number of rotatable bonds is 5. The summed E-state index contributed by atoms with van der Waals surface area (Å²) in [5.41, 5.74) is 0.549. The Hall–Kier alpha value is -2.94. The number of hydrogen-bond donors (Lipinski definition) is 2. The van der Waals surface area contributed by atoms with Crippen LogP contribution >= 0.6 is 11.3 Å². The van der Waals surface area contributed by atoms with Crippen LogP contribution in [0.3, 0.4) is 0 Å². The fourth-order valence-corrected chi connectivity index (χ4v) is 2.60. The number of carbonyl (C=O) groups excluding carboxylic acids is 1. The van der Waals surface area contributed by atoms with Gasteiger partial charge in [-0.3, -0.25) is 10.1 Å². The van der Waals surface area contributed by atoms with E-state index in [1.165, 1.54) is 12.1 Å². The molecule has 9 heteroatoms. The summed E-state index contributed by atoms with van der Waals surface area (Å²) in [6.45, 7) is 0.398. The SMILES string of the molecule is O=C(Nc1nnc(NCc2ccc(F)cc2)s1)c1ccc(F)cc1F. The number of aromatic nitrogens is 2. The van der Waals surface area contributed by atoms with Crippen molar-refractivity contribution >= 4 is 27.5 Å². The van der Waals surface area contributed by atoms with Crippen molar-refractivity contribution in [2.75, 3.05) is 10.6 Å². The molecule has 1 aromatic heterocycles.